The van der Waals surface area contributed by atoms with E-state index in [0.717, 1.165) is 37.8 Å². The van der Waals surface area contributed by atoms with Crippen molar-refractivity contribution in [1.29, 1.82) is 0 Å². The van der Waals surface area contributed by atoms with Crippen molar-refractivity contribution in [3.8, 4) is 0 Å². The van der Waals surface area contributed by atoms with Crippen molar-refractivity contribution in [2.75, 3.05) is 18.0 Å². The summed E-state index contributed by atoms with van der Waals surface area (Å²) in [7, 11) is 0. The first-order valence-electron chi connectivity index (χ1n) is 8.98. The van der Waals surface area contributed by atoms with Gasteiger partial charge in [-0.1, -0.05) is 44.0 Å². The number of benzene rings is 1. The summed E-state index contributed by atoms with van der Waals surface area (Å²) in [5.74, 6) is 0.519. The van der Waals surface area contributed by atoms with Gasteiger partial charge in [-0.05, 0) is 42.9 Å². The molecular weight excluding hydrogens is 300 g/mol. The fourth-order valence-corrected chi connectivity index (χ4v) is 3.91. The molecule has 4 nitrogen and oxygen atoms in total. The highest BCUT2D eigenvalue weighted by Crippen LogP contribution is 2.33. The molecule has 0 radical (unpaired) electrons. The SMILES string of the molecule is C=CC(=O)NCC1Cc2ccccc2N(C(=O)C2CCCCC2)C1. The van der Waals surface area contributed by atoms with E-state index in [1.165, 1.54) is 18.1 Å². The average molecular weight is 326 g/mol. The summed E-state index contributed by atoms with van der Waals surface area (Å²) < 4.78 is 0. The van der Waals surface area contributed by atoms with E-state index in [2.05, 4.69) is 24.0 Å². The zero-order valence-electron chi connectivity index (χ0n) is 14.2. The number of nitrogens with zero attached hydrogens (tertiary/aromatic N) is 1. The number of carbonyl (C=O) groups is 2. The molecule has 1 aliphatic heterocycles. The van der Waals surface area contributed by atoms with Crippen molar-refractivity contribution in [3.63, 3.8) is 0 Å². The van der Waals surface area contributed by atoms with E-state index in [9.17, 15) is 9.59 Å². The second-order valence-electron chi connectivity index (χ2n) is 6.93. The molecule has 0 bridgehead atoms. The zero-order valence-corrected chi connectivity index (χ0v) is 14.2. The van der Waals surface area contributed by atoms with Gasteiger partial charge in [-0.2, -0.15) is 0 Å². The van der Waals surface area contributed by atoms with Crippen molar-refractivity contribution >= 4 is 17.5 Å². The third-order valence-electron chi connectivity index (χ3n) is 5.20. The Morgan fingerprint density at radius 2 is 1.96 bits per heavy atom. The Bertz CT molecular complexity index is 620. The fraction of sp³-hybridized carbons (Fsp3) is 0.500. The third kappa shape index (κ3) is 3.69. The molecule has 1 aromatic carbocycles. The first-order valence-corrected chi connectivity index (χ1v) is 8.98. The van der Waals surface area contributed by atoms with Crippen LogP contribution in [0.2, 0.25) is 0 Å². The molecule has 0 aromatic heterocycles. The molecule has 0 spiro atoms. The van der Waals surface area contributed by atoms with Gasteiger partial charge in [0.2, 0.25) is 11.8 Å². The van der Waals surface area contributed by atoms with E-state index in [4.69, 9.17) is 0 Å². The minimum atomic E-state index is -0.154. The van der Waals surface area contributed by atoms with Gasteiger partial charge in [-0.25, -0.2) is 0 Å². The second kappa shape index (κ2) is 7.65. The van der Waals surface area contributed by atoms with Crippen LogP contribution in [-0.2, 0) is 16.0 Å². The Morgan fingerprint density at radius 1 is 1.21 bits per heavy atom. The minimum absolute atomic E-state index is 0.154. The van der Waals surface area contributed by atoms with Gasteiger partial charge in [0, 0.05) is 24.7 Å². The van der Waals surface area contributed by atoms with Crippen LogP contribution < -0.4 is 10.2 Å². The van der Waals surface area contributed by atoms with Crippen LogP contribution in [0.1, 0.15) is 37.7 Å². The molecule has 1 saturated carbocycles. The maximum Gasteiger partial charge on any atom is 0.243 e. The highest BCUT2D eigenvalue weighted by Gasteiger charge is 2.32. The van der Waals surface area contributed by atoms with Crippen molar-refractivity contribution in [3.05, 3.63) is 42.5 Å². The van der Waals surface area contributed by atoms with Gasteiger partial charge in [-0.3, -0.25) is 9.59 Å². The van der Waals surface area contributed by atoms with E-state index in [-0.39, 0.29) is 23.7 Å². The Kier molecular flexibility index (Phi) is 5.34. The maximum absolute atomic E-state index is 13.1. The lowest BCUT2D eigenvalue weighted by atomic mass is 9.86. The number of amides is 2. The average Bonchev–Trinajstić information content (AvgIpc) is 2.65. The molecule has 1 unspecified atom stereocenters. The normalized spacial score (nSPS) is 21.0. The van der Waals surface area contributed by atoms with Crippen LogP contribution in [0.4, 0.5) is 5.69 Å². The number of nitrogens with one attached hydrogen (secondary N) is 1. The molecule has 2 aliphatic rings. The van der Waals surface area contributed by atoms with E-state index >= 15 is 0 Å². The summed E-state index contributed by atoms with van der Waals surface area (Å²) in [6.45, 7) is 4.75. The van der Waals surface area contributed by atoms with Crippen molar-refractivity contribution in [2.24, 2.45) is 11.8 Å². The lowest BCUT2D eigenvalue weighted by Crippen LogP contribution is -2.46. The second-order valence-corrected chi connectivity index (χ2v) is 6.93. The maximum atomic E-state index is 13.1. The topological polar surface area (TPSA) is 49.4 Å². The molecule has 1 atom stereocenters. The van der Waals surface area contributed by atoms with Gasteiger partial charge in [0.15, 0.2) is 0 Å². The number of para-hydroxylation sites is 1. The van der Waals surface area contributed by atoms with Crippen LogP contribution in [-0.4, -0.2) is 24.9 Å². The van der Waals surface area contributed by atoms with E-state index in [0.29, 0.717) is 13.1 Å². The number of carbonyl (C=O) groups excluding carboxylic acids is 2. The first kappa shape index (κ1) is 16.7. The van der Waals surface area contributed by atoms with Gasteiger partial charge < -0.3 is 10.2 Å². The lowest BCUT2D eigenvalue weighted by Gasteiger charge is -2.37. The summed E-state index contributed by atoms with van der Waals surface area (Å²) in [6.07, 6.45) is 7.76. The highest BCUT2D eigenvalue weighted by atomic mass is 16.2. The lowest BCUT2D eigenvalue weighted by molar-refractivity contribution is -0.123. The standard InChI is InChI=1S/C20H26N2O2/c1-2-19(23)21-13-15-12-17-10-6-7-11-18(17)22(14-15)20(24)16-8-4-3-5-9-16/h2,6-7,10-11,15-16H,1,3-5,8-9,12-14H2,(H,21,23). The number of hydrogen-bond acceptors (Lipinski definition) is 2. The first-order chi connectivity index (χ1) is 11.7. The highest BCUT2D eigenvalue weighted by molar-refractivity contribution is 5.96. The Labute approximate surface area is 143 Å². The molecule has 128 valence electrons. The molecule has 0 saturated heterocycles. The Balaban J connectivity index is 1.77. The molecule has 3 rings (SSSR count). The summed E-state index contributed by atoms with van der Waals surface area (Å²) in [6, 6.07) is 8.17. The van der Waals surface area contributed by atoms with Crippen LogP contribution in [0.3, 0.4) is 0 Å². The molecule has 24 heavy (non-hydrogen) atoms. The van der Waals surface area contributed by atoms with Gasteiger partial charge in [0.25, 0.3) is 0 Å². The number of anilines is 1. The molecule has 4 heteroatoms. The summed E-state index contributed by atoms with van der Waals surface area (Å²) in [4.78, 5) is 26.5. The molecule has 1 fully saturated rings. The van der Waals surface area contributed by atoms with Crippen LogP contribution in [0.25, 0.3) is 0 Å². The zero-order chi connectivity index (χ0) is 16.9. The number of hydrogen-bond donors (Lipinski definition) is 1. The molecule has 2 amide bonds. The van der Waals surface area contributed by atoms with Gasteiger partial charge in [-0.15, -0.1) is 0 Å². The van der Waals surface area contributed by atoms with Crippen molar-refractivity contribution in [2.45, 2.75) is 38.5 Å². The minimum Gasteiger partial charge on any atom is -0.352 e. The van der Waals surface area contributed by atoms with E-state index in [1.54, 1.807) is 0 Å². The predicted molar refractivity (Wildman–Crippen MR) is 95.8 cm³/mol. The molecule has 1 N–H and O–H groups in total. The van der Waals surface area contributed by atoms with Gasteiger partial charge in [0.05, 0.1) is 0 Å². The van der Waals surface area contributed by atoms with E-state index < -0.39 is 0 Å². The third-order valence-corrected chi connectivity index (χ3v) is 5.20. The molecule has 1 heterocycles. The van der Waals surface area contributed by atoms with Crippen LogP contribution in [0.5, 0.6) is 0 Å². The van der Waals surface area contributed by atoms with Crippen molar-refractivity contribution < 1.29 is 9.59 Å². The number of rotatable bonds is 4. The monoisotopic (exact) mass is 326 g/mol. The summed E-state index contributed by atoms with van der Waals surface area (Å²) in [5, 5.41) is 2.88. The molecule has 1 aromatic rings. The largest absolute Gasteiger partial charge is 0.352 e. The van der Waals surface area contributed by atoms with Gasteiger partial charge >= 0.3 is 0 Å². The van der Waals surface area contributed by atoms with Crippen LogP contribution in [0.15, 0.2) is 36.9 Å². The quantitative estimate of drug-likeness (QED) is 0.865. The Hall–Kier alpha value is -2.10. The van der Waals surface area contributed by atoms with Crippen LogP contribution in [0, 0.1) is 11.8 Å². The smallest absolute Gasteiger partial charge is 0.243 e. The number of fused-ring (bicyclic) bond motifs is 1. The summed E-state index contributed by atoms with van der Waals surface area (Å²) in [5.41, 5.74) is 2.25. The van der Waals surface area contributed by atoms with Crippen molar-refractivity contribution in [1.82, 2.24) is 5.32 Å². The van der Waals surface area contributed by atoms with Crippen LogP contribution >= 0.6 is 0 Å². The molecule has 1 aliphatic carbocycles. The molecular formula is C20H26N2O2. The fourth-order valence-electron chi connectivity index (χ4n) is 3.91. The van der Waals surface area contributed by atoms with Gasteiger partial charge in [0.1, 0.15) is 0 Å². The Morgan fingerprint density at radius 3 is 2.71 bits per heavy atom. The predicted octanol–water partition coefficient (Wildman–Crippen LogP) is 3.07. The summed E-state index contributed by atoms with van der Waals surface area (Å²) >= 11 is 0. The van der Waals surface area contributed by atoms with E-state index in [1.807, 2.05) is 17.0 Å².